The van der Waals surface area contributed by atoms with Crippen molar-refractivity contribution in [1.29, 1.82) is 0 Å². The minimum Gasteiger partial charge on any atom is -0.311 e. The standard InChI is InChI=1S/C16H32N2/c1-4-6-14-7-9-16(10-8-14)18-12-13(3)17-11-15(18)5-2/h13-17H,4-12H2,1-3H3. The highest BCUT2D eigenvalue weighted by atomic mass is 15.3. The first kappa shape index (κ1) is 14.3. The zero-order valence-corrected chi connectivity index (χ0v) is 12.6. The smallest absolute Gasteiger partial charge is 0.0221 e. The molecule has 0 aromatic heterocycles. The molecule has 1 N–H and O–H groups in total. The number of hydrogen-bond donors (Lipinski definition) is 1. The second-order valence-electron chi connectivity index (χ2n) is 6.53. The second kappa shape index (κ2) is 6.91. The van der Waals surface area contributed by atoms with Crippen molar-refractivity contribution >= 4 is 0 Å². The first-order valence-electron chi connectivity index (χ1n) is 8.23. The fourth-order valence-corrected chi connectivity index (χ4v) is 3.98. The summed E-state index contributed by atoms with van der Waals surface area (Å²) in [6, 6.07) is 2.35. The maximum Gasteiger partial charge on any atom is 0.0221 e. The molecule has 1 aliphatic carbocycles. The Labute approximate surface area is 114 Å². The summed E-state index contributed by atoms with van der Waals surface area (Å²) in [4.78, 5) is 2.84. The predicted octanol–water partition coefficient (Wildman–Crippen LogP) is 3.42. The summed E-state index contributed by atoms with van der Waals surface area (Å²) in [6.45, 7) is 9.48. The van der Waals surface area contributed by atoms with Gasteiger partial charge < -0.3 is 5.32 Å². The third-order valence-electron chi connectivity index (χ3n) is 5.11. The fourth-order valence-electron chi connectivity index (χ4n) is 3.98. The first-order valence-corrected chi connectivity index (χ1v) is 8.23. The Hall–Kier alpha value is -0.0800. The summed E-state index contributed by atoms with van der Waals surface area (Å²) in [5, 5.41) is 3.64. The van der Waals surface area contributed by atoms with Gasteiger partial charge in [0, 0.05) is 31.2 Å². The molecular formula is C16H32N2. The van der Waals surface area contributed by atoms with Crippen LogP contribution >= 0.6 is 0 Å². The van der Waals surface area contributed by atoms with E-state index in [0.717, 1.165) is 18.0 Å². The zero-order chi connectivity index (χ0) is 13.0. The fraction of sp³-hybridized carbons (Fsp3) is 1.00. The maximum absolute atomic E-state index is 3.64. The molecule has 2 rings (SSSR count). The molecule has 0 bridgehead atoms. The van der Waals surface area contributed by atoms with Crippen LogP contribution in [0.25, 0.3) is 0 Å². The molecule has 18 heavy (non-hydrogen) atoms. The maximum atomic E-state index is 3.64. The van der Waals surface area contributed by atoms with Gasteiger partial charge in [-0.2, -0.15) is 0 Å². The lowest BCUT2D eigenvalue weighted by atomic mass is 9.82. The van der Waals surface area contributed by atoms with Crippen LogP contribution in [0.2, 0.25) is 0 Å². The largest absolute Gasteiger partial charge is 0.311 e. The van der Waals surface area contributed by atoms with E-state index < -0.39 is 0 Å². The van der Waals surface area contributed by atoms with Gasteiger partial charge in [0.25, 0.3) is 0 Å². The van der Waals surface area contributed by atoms with Crippen LogP contribution in [0.5, 0.6) is 0 Å². The van der Waals surface area contributed by atoms with E-state index in [1.807, 2.05) is 0 Å². The summed E-state index contributed by atoms with van der Waals surface area (Å²) in [6.07, 6.45) is 10.00. The Kier molecular flexibility index (Phi) is 5.50. The van der Waals surface area contributed by atoms with E-state index in [0.29, 0.717) is 6.04 Å². The Bertz CT molecular complexity index is 233. The molecule has 2 heteroatoms. The van der Waals surface area contributed by atoms with Gasteiger partial charge in [-0.3, -0.25) is 4.90 Å². The van der Waals surface area contributed by atoms with Crippen molar-refractivity contribution < 1.29 is 0 Å². The first-order chi connectivity index (χ1) is 8.74. The molecular weight excluding hydrogens is 220 g/mol. The molecule has 1 heterocycles. The molecule has 0 spiro atoms. The van der Waals surface area contributed by atoms with Gasteiger partial charge in [0.05, 0.1) is 0 Å². The summed E-state index contributed by atoms with van der Waals surface area (Å²) < 4.78 is 0. The van der Waals surface area contributed by atoms with Crippen molar-refractivity contribution in [1.82, 2.24) is 10.2 Å². The minimum atomic E-state index is 0.682. The third-order valence-corrected chi connectivity index (χ3v) is 5.11. The van der Waals surface area contributed by atoms with Crippen molar-refractivity contribution in [3.8, 4) is 0 Å². The molecule has 0 aromatic rings. The second-order valence-corrected chi connectivity index (χ2v) is 6.53. The van der Waals surface area contributed by atoms with E-state index in [9.17, 15) is 0 Å². The van der Waals surface area contributed by atoms with Crippen molar-refractivity contribution in [3.05, 3.63) is 0 Å². The lowest BCUT2D eigenvalue weighted by Crippen LogP contribution is -2.58. The van der Waals surface area contributed by atoms with Crippen LogP contribution in [0, 0.1) is 5.92 Å². The molecule has 2 nitrogen and oxygen atoms in total. The molecule has 0 radical (unpaired) electrons. The number of piperazine rings is 1. The summed E-state index contributed by atoms with van der Waals surface area (Å²) in [7, 11) is 0. The van der Waals surface area contributed by atoms with Crippen molar-refractivity contribution in [3.63, 3.8) is 0 Å². The molecule has 1 saturated carbocycles. The van der Waals surface area contributed by atoms with Crippen molar-refractivity contribution in [2.75, 3.05) is 13.1 Å². The van der Waals surface area contributed by atoms with Crippen molar-refractivity contribution in [2.24, 2.45) is 5.92 Å². The quantitative estimate of drug-likeness (QED) is 0.825. The summed E-state index contributed by atoms with van der Waals surface area (Å²) in [5.74, 6) is 1.03. The van der Waals surface area contributed by atoms with Gasteiger partial charge in [-0.15, -0.1) is 0 Å². The topological polar surface area (TPSA) is 15.3 Å². The molecule has 1 aliphatic heterocycles. The van der Waals surface area contributed by atoms with Crippen LogP contribution in [0.3, 0.4) is 0 Å². The highest BCUT2D eigenvalue weighted by Gasteiger charge is 2.32. The van der Waals surface area contributed by atoms with E-state index in [2.05, 4.69) is 31.0 Å². The van der Waals surface area contributed by atoms with E-state index >= 15 is 0 Å². The SMILES string of the molecule is CCCC1CCC(N2CC(C)NCC2CC)CC1. The Morgan fingerprint density at radius 1 is 1.11 bits per heavy atom. The number of rotatable bonds is 4. The lowest BCUT2D eigenvalue weighted by Gasteiger charge is -2.46. The van der Waals surface area contributed by atoms with Gasteiger partial charge in [0.1, 0.15) is 0 Å². The minimum absolute atomic E-state index is 0.682. The van der Waals surface area contributed by atoms with Crippen LogP contribution < -0.4 is 5.32 Å². The highest BCUT2D eigenvalue weighted by Crippen LogP contribution is 2.32. The Morgan fingerprint density at radius 2 is 1.83 bits per heavy atom. The molecule has 2 aliphatic rings. The van der Waals surface area contributed by atoms with E-state index in [1.165, 1.54) is 58.0 Å². The molecule has 0 amide bonds. The third kappa shape index (κ3) is 3.48. The van der Waals surface area contributed by atoms with Gasteiger partial charge >= 0.3 is 0 Å². The van der Waals surface area contributed by atoms with Gasteiger partial charge in [0.15, 0.2) is 0 Å². The van der Waals surface area contributed by atoms with Crippen LogP contribution in [-0.4, -0.2) is 36.1 Å². The van der Waals surface area contributed by atoms with Crippen molar-refractivity contribution in [2.45, 2.75) is 83.8 Å². The average Bonchev–Trinajstić information content (AvgIpc) is 2.40. The van der Waals surface area contributed by atoms with Gasteiger partial charge in [-0.05, 0) is 44.9 Å². The van der Waals surface area contributed by atoms with E-state index in [-0.39, 0.29) is 0 Å². The number of nitrogens with one attached hydrogen (secondary N) is 1. The number of nitrogens with zero attached hydrogens (tertiary/aromatic N) is 1. The molecule has 2 fully saturated rings. The van der Waals surface area contributed by atoms with Gasteiger partial charge in [-0.1, -0.05) is 26.7 Å². The van der Waals surface area contributed by atoms with E-state index in [4.69, 9.17) is 0 Å². The molecule has 0 aromatic carbocycles. The monoisotopic (exact) mass is 252 g/mol. The van der Waals surface area contributed by atoms with Crippen LogP contribution in [0.15, 0.2) is 0 Å². The zero-order valence-electron chi connectivity index (χ0n) is 12.6. The van der Waals surface area contributed by atoms with E-state index in [1.54, 1.807) is 0 Å². The van der Waals surface area contributed by atoms with Crippen LogP contribution in [-0.2, 0) is 0 Å². The number of hydrogen-bond acceptors (Lipinski definition) is 2. The van der Waals surface area contributed by atoms with Crippen LogP contribution in [0.4, 0.5) is 0 Å². The normalized spacial score (nSPS) is 38.8. The molecule has 1 saturated heterocycles. The summed E-state index contributed by atoms with van der Waals surface area (Å²) >= 11 is 0. The summed E-state index contributed by atoms with van der Waals surface area (Å²) in [5.41, 5.74) is 0. The highest BCUT2D eigenvalue weighted by molar-refractivity contribution is 4.89. The van der Waals surface area contributed by atoms with Crippen LogP contribution in [0.1, 0.15) is 65.7 Å². The molecule has 2 unspecified atom stereocenters. The Balaban J connectivity index is 1.86. The molecule has 2 atom stereocenters. The van der Waals surface area contributed by atoms with Gasteiger partial charge in [0.2, 0.25) is 0 Å². The lowest BCUT2D eigenvalue weighted by molar-refractivity contribution is 0.0532. The predicted molar refractivity (Wildman–Crippen MR) is 78.9 cm³/mol. The molecule has 106 valence electrons. The average molecular weight is 252 g/mol. The van der Waals surface area contributed by atoms with Gasteiger partial charge in [-0.25, -0.2) is 0 Å². The Morgan fingerprint density at radius 3 is 2.44 bits per heavy atom.